The molecule has 7 heteroatoms. The molecule has 0 unspecified atom stereocenters. The van der Waals surface area contributed by atoms with Crippen molar-refractivity contribution >= 4 is 5.82 Å². The summed E-state index contributed by atoms with van der Waals surface area (Å²) in [6.45, 7) is 5.20. The van der Waals surface area contributed by atoms with Gasteiger partial charge in [-0.15, -0.1) is 10.2 Å². The lowest BCUT2D eigenvalue weighted by Crippen LogP contribution is -2.39. The number of ether oxygens (including phenoxy) is 1. The van der Waals surface area contributed by atoms with Gasteiger partial charge in [-0.25, -0.2) is 9.97 Å². The fraction of sp³-hybridized carbons (Fsp3) is 0.600. The topological polar surface area (TPSA) is 69.0 Å². The Morgan fingerprint density at radius 2 is 2.27 bits per heavy atom. The van der Waals surface area contributed by atoms with Crippen LogP contribution in [0.5, 0.6) is 0 Å². The van der Waals surface area contributed by atoms with E-state index in [0.29, 0.717) is 12.5 Å². The summed E-state index contributed by atoms with van der Waals surface area (Å²) >= 11 is 0. The van der Waals surface area contributed by atoms with Gasteiger partial charge in [0.05, 0.1) is 13.2 Å². The minimum Gasteiger partial charge on any atom is -0.366 e. The van der Waals surface area contributed by atoms with Crippen LogP contribution >= 0.6 is 0 Å². The number of morpholine rings is 1. The molecular weight excluding hydrogens is 280 g/mol. The number of hydrogen-bond donors (Lipinski definition) is 0. The summed E-state index contributed by atoms with van der Waals surface area (Å²) in [5, 5.41) is 8.22. The van der Waals surface area contributed by atoms with Crippen LogP contribution in [0.4, 0.5) is 5.82 Å². The largest absolute Gasteiger partial charge is 0.366 e. The molecule has 0 bridgehead atoms. The molecular formula is C15H20N6O. The molecule has 0 spiro atoms. The van der Waals surface area contributed by atoms with Crippen molar-refractivity contribution in [1.29, 1.82) is 0 Å². The van der Waals surface area contributed by atoms with Crippen LogP contribution in [0.25, 0.3) is 0 Å². The molecule has 0 amide bonds. The van der Waals surface area contributed by atoms with Gasteiger partial charge in [-0.3, -0.25) is 0 Å². The first-order chi connectivity index (χ1) is 10.8. The Labute approximate surface area is 129 Å². The highest BCUT2D eigenvalue weighted by Crippen LogP contribution is 2.38. The van der Waals surface area contributed by atoms with Gasteiger partial charge < -0.3 is 14.2 Å². The Bertz CT molecular complexity index is 653. The molecule has 2 aromatic rings. The summed E-state index contributed by atoms with van der Waals surface area (Å²) in [7, 11) is 0. The molecule has 4 rings (SSSR count). The van der Waals surface area contributed by atoms with E-state index in [0.717, 1.165) is 37.1 Å². The zero-order chi connectivity index (χ0) is 14.9. The smallest absolute Gasteiger partial charge is 0.163 e. The van der Waals surface area contributed by atoms with Crippen molar-refractivity contribution in [1.82, 2.24) is 24.7 Å². The lowest BCUT2D eigenvalue weighted by Gasteiger charge is -2.33. The predicted molar refractivity (Wildman–Crippen MR) is 80.6 cm³/mol. The average Bonchev–Trinajstić information content (AvgIpc) is 3.32. The van der Waals surface area contributed by atoms with Crippen molar-refractivity contribution < 1.29 is 4.74 Å². The van der Waals surface area contributed by atoms with E-state index in [-0.39, 0.29) is 6.10 Å². The number of aryl methyl sites for hydroxylation is 1. The highest BCUT2D eigenvalue weighted by molar-refractivity contribution is 5.39. The Hall–Kier alpha value is -2.02. The van der Waals surface area contributed by atoms with Crippen molar-refractivity contribution in [2.24, 2.45) is 0 Å². The number of anilines is 1. The normalized spacial score (nSPS) is 22.0. The molecule has 0 N–H and O–H groups in total. The fourth-order valence-electron chi connectivity index (χ4n) is 2.85. The van der Waals surface area contributed by atoms with Gasteiger partial charge in [0.15, 0.2) is 5.82 Å². The average molecular weight is 300 g/mol. The van der Waals surface area contributed by atoms with Gasteiger partial charge in [-0.1, -0.05) is 0 Å². The van der Waals surface area contributed by atoms with Gasteiger partial charge in [0.2, 0.25) is 0 Å². The second-order valence-corrected chi connectivity index (χ2v) is 5.83. The van der Waals surface area contributed by atoms with Gasteiger partial charge in [-0.2, -0.15) is 0 Å². The maximum atomic E-state index is 5.90. The van der Waals surface area contributed by atoms with Crippen LogP contribution in [0.1, 0.15) is 43.4 Å². The zero-order valence-corrected chi connectivity index (χ0v) is 12.7. The van der Waals surface area contributed by atoms with Crippen LogP contribution in [0, 0.1) is 0 Å². The van der Waals surface area contributed by atoms with Crippen molar-refractivity contribution in [3.8, 4) is 0 Å². The lowest BCUT2D eigenvalue weighted by atomic mass is 10.2. The van der Waals surface area contributed by atoms with Gasteiger partial charge in [0.1, 0.15) is 24.1 Å². The molecule has 3 heterocycles. The Morgan fingerprint density at radius 1 is 1.36 bits per heavy atom. The maximum absolute atomic E-state index is 5.90. The van der Waals surface area contributed by atoms with Gasteiger partial charge in [0.25, 0.3) is 0 Å². The number of aromatic nitrogens is 5. The molecule has 22 heavy (non-hydrogen) atoms. The summed E-state index contributed by atoms with van der Waals surface area (Å²) in [5.74, 6) is 3.44. The third-order valence-electron chi connectivity index (χ3n) is 4.27. The van der Waals surface area contributed by atoms with Crippen LogP contribution in [0.15, 0.2) is 18.6 Å². The number of rotatable bonds is 4. The molecule has 116 valence electrons. The van der Waals surface area contributed by atoms with E-state index in [1.807, 2.05) is 16.8 Å². The van der Waals surface area contributed by atoms with Crippen molar-refractivity contribution in [2.75, 3.05) is 24.6 Å². The Balaban J connectivity index is 1.54. The molecule has 2 aliphatic rings. The van der Waals surface area contributed by atoms with Gasteiger partial charge in [0, 0.05) is 25.2 Å². The summed E-state index contributed by atoms with van der Waals surface area (Å²) in [6.07, 6.45) is 6.00. The molecule has 1 saturated heterocycles. The Kier molecular flexibility index (Phi) is 3.49. The Morgan fingerprint density at radius 3 is 3.09 bits per heavy atom. The first-order valence-corrected chi connectivity index (χ1v) is 7.92. The van der Waals surface area contributed by atoms with Gasteiger partial charge >= 0.3 is 0 Å². The van der Waals surface area contributed by atoms with E-state index < -0.39 is 0 Å². The van der Waals surface area contributed by atoms with E-state index >= 15 is 0 Å². The molecule has 7 nitrogen and oxygen atoms in total. The summed E-state index contributed by atoms with van der Waals surface area (Å²) in [5.41, 5.74) is 0. The zero-order valence-electron chi connectivity index (χ0n) is 12.7. The minimum atomic E-state index is -0.0597. The maximum Gasteiger partial charge on any atom is 0.163 e. The summed E-state index contributed by atoms with van der Waals surface area (Å²) < 4.78 is 7.93. The third-order valence-corrected chi connectivity index (χ3v) is 4.27. The van der Waals surface area contributed by atoms with E-state index in [4.69, 9.17) is 9.72 Å². The second kappa shape index (κ2) is 5.64. The van der Waals surface area contributed by atoms with E-state index in [9.17, 15) is 0 Å². The first-order valence-electron chi connectivity index (χ1n) is 7.92. The SMILES string of the molecule is CCn1cnnc1[C@H]1CN(c2ccnc(C3CC3)n2)CCO1. The lowest BCUT2D eigenvalue weighted by molar-refractivity contribution is 0.0313. The van der Waals surface area contributed by atoms with Crippen LogP contribution in [-0.4, -0.2) is 44.4 Å². The van der Waals surface area contributed by atoms with Crippen LogP contribution < -0.4 is 4.90 Å². The summed E-state index contributed by atoms with van der Waals surface area (Å²) in [6, 6.07) is 1.98. The molecule has 1 aliphatic heterocycles. The number of nitrogens with zero attached hydrogens (tertiary/aromatic N) is 6. The third kappa shape index (κ3) is 2.56. The molecule has 1 atom stereocenters. The first kappa shape index (κ1) is 13.6. The molecule has 2 fully saturated rings. The van der Waals surface area contributed by atoms with E-state index in [2.05, 4.69) is 27.0 Å². The monoisotopic (exact) mass is 300 g/mol. The standard InChI is InChI=1S/C15H20N6O/c1-2-20-10-17-19-15(20)12-9-21(7-8-22-12)13-5-6-16-14(18-13)11-3-4-11/h5-6,10-12H,2-4,7-9H2,1H3/t12-/m1/s1. The van der Waals surface area contributed by atoms with Crippen molar-refractivity contribution in [3.63, 3.8) is 0 Å². The minimum absolute atomic E-state index is 0.0597. The summed E-state index contributed by atoms with van der Waals surface area (Å²) in [4.78, 5) is 11.4. The van der Waals surface area contributed by atoms with Crippen LogP contribution in [-0.2, 0) is 11.3 Å². The van der Waals surface area contributed by atoms with E-state index in [1.165, 1.54) is 12.8 Å². The molecule has 1 saturated carbocycles. The van der Waals surface area contributed by atoms with Crippen molar-refractivity contribution in [2.45, 2.75) is 38.3 Å². The predicted octanol–water partition coefficient (Wildman–Crippen LogP) is 1.54. The second-order valence-electron chi connectivity index (χ2n) is 5.83. The molecule has 0 aromatic carbocycles. The van der Waals surface area contributed by atoms with Crippen LogP contribution in [0.2, 0.25) is 0 Å². The van der Waals surface area contributed by atoms with E-state index in [1.54, 1.807) is 6.33 Å². The molecule has 2 aromatic heterocycles. The highest BCUT2D eigenvalue weighted by Gasteiger charge is 2.29. The van der Waals surface area contributed by atoms with Crippen LogP contribution in [0.3, 0.4) is 0 Å². The van der Waals surface area contributed by atoms with Crippen molar-refractivity contribution in [3.05, 3.63) is 30.2 Å². The van der Waals surface area contributed by atoms with Gasteiger partial charge in [-0.05, 0) is 25.8 Å². The number of hydrogen-bond acceptors (Lipinski definition) is 6. The molecule has 0 radical (unpaired) electrons. The quantitative estimate of drug-likeness (QED) is 0.853. The molecule has 1 aliphatic carbocycles. The highest BCUT2D eigenvalue weighted by atomic mass is 16.5. The fourth-order valence-corrected chi connectivity index (χ4v) is 2.85.